The molecule has 10 heavy (non-hydrogen) atoms. The fourth-order valence-electron chi connectivity index (χ4n) is 0.682. The van der Waals surface area contributed by atoms with Crippen LogP contribution in [0.2, 0.25) is 0 Å². The Balaban J connectivity index is 2.49. The molecule has 0 bridgehead atoms. The molecule has 1 N–H and O–H groups in total. The Morgan fingerprint density at radius 3 is 3.20 bits per heavy atom. The Hall–Kier alpha value is -1.32. The van der Waals surface area contributed by atoms with Crippen molar-refractivity contribution in [3.8, 4) is 0 Å². The van der Waals surface area contributed by atoms with Crippen LogP contribution in [0.3, 0.4) is 0 Å². The second-order valence-electron chi connectivity index (χ2n) is 1.98. The number of nitrogens with zero attached hydrogens (tertiary/aromatic N) is 2. The maximum Gasteiger partial charge on any atom is 0.208 e. The van der Waals surface area contributed by atoms with Crippen molar-refractivity contribution in [2.75, 3.05) is 0 Å². The summed E-state index contributed by atoms with van der Waals surface area (Å²) in [6, 6.07) is 1.88. The first-order chi connectivity index (χ1) is 4.83. The summed E-state index contributed by atoms with van der Waals surface area (Å²) in [7, 11) is 0. The van der Waals surface area contributed by atoms with E-state index in [-0.39, 0.29) is 0 Å². The molecule has 0 atom stereocenters. The number of hydrogen-bond acceptors (Lipinski definition) is 2. The third kappa shape index (κ3) is 1.58. The van der Waals surface area contributed by atoms with Crippen LogP contribution in [0.1, 0.15) is 5.69 Å². The van der Waals surface area contributed by atoms with Gasteiger partial charge in [0.05, 0.1) is 5.69 Å². The highest BCUT2D eigenvalue weighted by Gasteiger charge is 1.89. The number of carbonyl (C=O) groups is 1. The molecule has 1 amide bonds. The Morgan fingerprint density at radius 1 is 1.90 bits per heavy atom. The molecule has 0 saturated carbocycles. The second kappa shape index (κ2) is 3.00. The summed E-state index contributed by atoms with van der Waals surface area (Å²) < 4.78 is 1.66. The largest absolute Gasteiger partial charge is 0.339 e. The normalized spacial score (nSPS) is 9.30. The molecule has 1 rings (SSSR count). The summed E-state index contributed by atoms with van der Waals surface area (Å²) in [5.74, 6) is 0. The van der Waals surface area contributed by atoms with E-state index >= 15 is 0 Å². The molecule has 54 valence electrons. The number of nitrogens with one attached hydrogen (secondary N) is 1. The molecule has 1 heterocycles. The van der Waals surface area contributed by atoms with E-state index in [2.05, 4.69) is 10.4 Å². The molecule has 0 saturated heterocycles. The van der Waals surface area contributed by atoms with Crippen LogP contribution in [0.4, 0.5) is 0 Å². The van der Waals surface area contributed by atoms with E-state index in [0.29, 0.717) is 13.1 Å². The van der Waals surface area contributed by atoms with Crippen LogP contribution in [-0.2, 0) is 11.5 Å². The van der Waals surface area contributed by atoms with Crippen molar-refractivity contribution >= 4 is 6.41 Å². The Morgan fingerprint density at radius 2 is 2.70 bits per heavy atom. The first kappa shape index (κ1) is 6.80. The highest BCUT2D eigenvalue weighted by molar-refractivity contribution is 5.45. The summed E-state index contributed by atoms with van der Waals surface area (Å²) in [4.78, 5) is 9.83. The van der Waals surface area contributed by atoms with Gasteiger partial charge in [0.2, 0.25) is 6.41 Å². The van der Waals surface area contributed by atoms with Gasteiger partial charge in [0.1, 0.15) is 6.67 Å². The topological polar surface area (TPSA) is 46.9 Å². The third-order valence-electron chi connectivity index (χ3n) is 1.11. The van der Waals surface area contributed by atoms with Gasteiger partial charge in [0.15, 0.2) is 0 Å². The molecule has 0 radical (unpaired) electrons. The number of carbonyl (C=O) groups excluding carboxylic acids is 1. The first-order valence-corrected chi connectivity index (χ1v) is 3.00. The molecule has 1 aromatic heterocycles. The molecule has 0 aliphatic heterocycles. The van der Waals surface area contributed by atoms with Gasteiger partial charge in [-0.3, -0.25) is 9.48 Å². The minimum Gasteiger partial charge on any atom is -0.339 e. The van der Waals surface area contributed by atoms with Crippen molar-refractivity contribution in [1.82, 2.24) is 15.1 Å². The van der Waals surface area contributed by atoms with E-state index in [1.165, 1.54) is 0 Å². The number of hydrogen-bond donors (Lipinski definition) is 1. The van der Waals surface area contributed by atoms with Crippen molar-refractivity contribution in [2.45, 2.75) is 13.6 Å². The lowest BCUT2D eigenvalue weighted by Crippen LogP contribution is -2.16. The fourth-order valence-corrected chi connectivity index (χ4v) is 0.682. The number of amides is 1. The van der Waals surface area contributed by atoms with Gasteiger partial charge in [-0.05, 0) is 13.0 Å². The van der Waals surface area contributed by atoms with Gasteiger partial charge in [0, 0.05) is 6.20 Å². The summed E-state index contributed by atoms with van der Waals surface area (Å²) >= 11 is 0. The van der Waals surface area contributed by atoms with Gasteiger partial charge in [-0.15, -0.1) is 0 Å². The SMILES string of the molecule is Cc1ccn(CNC=O)n1. The predicted molar refractivity (Wildman–Crippen MR) is 36.2 cm³/mol. The summed E-state index contributed by atoms with van der Waals surface area (Å²) in [6.07, 6.45) is 2.46. The van der Waals surface area contributed by atoms with Crippen molar-refractivity contribution in [3.63, 3.8) is 0 Å². The number of rotatable bonds is 3. The number of aryl methyl sites for hydroxylation is 1. The van der Waals surface area contributed by atoms with E-state index in [1.807, 2.05) is 19.2 Å². The minimum atomic E-state index is 0.442. The van der Waals surface area contributed by atoms with Gasteiger partial charge in [-0.1, -0.05) is 0 Å². The summed E-state index contributed by atoms with van der Waals surface area (Å²) in [6.45, 7) is 2.34. The molecular formula is C6H9N3O. The van der Waals surface area contributed by atoms with Crippen molar-refractivity contribution in [3.05, 3.63) is 18.0 Å². The van der Waals surface area contributed by atoms with Gasteiger partial charge < -0.3 is 5.32 Å². The lowest BCUT2D eigenvalue weighted by molar-refractivity contribution is -0.110. The zero-order chi connectivity index (χ0) is 7.40. The van der Waals surface area contributed by atoms with Gasteiger partial charge in [0.25, 0.3) is 0 Å². The monoisotopic (exact) mass is 139 g/mol. The molecule has 0 aliphatic carbocycles. The van der Waals surface area contributed by atoms with Gasteiger partial charge in [-0.25, -0.2) is 0 Å². The van der Waals surface area contributed by atoms with Crippen LogP contribution in [0, 0.1) is 6.92 Å². The standard InChI is InChI=1S/C6H9N3O/c1-6-2-3-9(8-6)4-7-5-10/h2-3,5H,4H2,1H3,(H,7,10). The molecule has 0 spiro atoms. The Kier molecular flexibility index (Phi) is 2.04. The second-order valence-corrected chi connectivity index (χ2v) is 1.98. The highest BCUT2D eigenvalue weighted by atomic mass is 16.1. The molecule has 0 fully saturated rings. The average molecular weight is 139 g/mol. The van der Waals surface area contributed by atoms with E-state index in [4.69, 9.17) is 0 Å². The zero-order valence-electron chi connectivity index (χ0n) is 5.74. The Labute approximate surface area is 58.8 Å². The van der Waals surface area contributed by atoms with Gasteiger partial charge >= 0.3 is 0 Å². The molecule has 4 heteroatoms. The van der Waals surface area contributed by atoms with Crippen molar-refractivity contribution in [1.29, 1.82) is 0 Å². The predicted octanol–water partition coefficient (Wildman–Crippen LogP) is -0.105. The van der Waals surface area contributed by atoms with E-state index < -0.39 is 0 Å². The minimum absolute atomic E-state index is 0.442. The van der Waals surface area contributed by atoms with E-state index in [0.717, 1.165) is 5.69 Å². The molecule has 0 unspecified atom stereocenters. The third-order valence-corrected chi connectivity index (χ3v) is 1.11. The molecule has 0 aromatic carbocycles. The molecular weight excluding hydrogens is 130 g/mol. The molecule has 0 aliphatic rings. The van der Waals surface area contributed by atoms with E-state index in [9.17, 15) is 4.79 Å². The zero-order valence-corrected chi connectivity index (χ0v) is 5.74. The smallest absolute Gasteiger partial charge is 0.208 e. The quantitative estimate of drug-likeness (QED) is 0.594. The van der Waals surface area contributed by atoms with Crippen LogP contribution in [0.5, 0.6) is 0 Å². The highest BCUT2D eigenvalue weighted by Crippen LogP contribution is 1.89. The van der Waals surface area contributed by atoms with Crippen LogP contribution in [-0.4, -0.2) is 16.2 Å². The lowest BCUT2D eigenvalue weighted by Gasteiger charge is -1.96. The first-order valence-electron chi connectivity index (χ1n) is 3.00. The van der Waals surface area contributed by atoms with Crippen LogP contribution in [0.25, 0.3) is 0 Å². The summed E-state index contributed by atoms with van der Waals surface area (Å²) in [5.41, 5.74) is 0.952. The molecule has 1 aromatic rings. The van der Waals surface area contributed by atoms with E-state index in [1.54, 1.807) is 4.68 Å². The molecule has 4 nitrogen and oxygen atoms in total. The van der Waals surface area contributed by atoms with Crippen LogP contribution >= 0.6 is 0 Å². The van der Waals surface area contributed by atoms with Crippen molar-refractivity contribution < 1.29 is 4.79 Å². The van der Waals surface area contributed by atoms with Crippen LogP contribution in [0.15, 0.2) is 12.3 Å². The average Bonchev–Trinajstić information content (AvgIpc) is 2.31. The van der Waals surface area contributed by atoms with Gasteiger partial charge in [-0.2, -0.15) is 5.10 Å². The summed E-state index contributed by atoms with van der Waals surface area (Å²) in [5, 5.41) is 6.54. The fraction of sp³-hybridized carbons (Fsp3) is 0.333. The van der Waals surface area contributed by atoms with Crippen molar-refractivity contribution in [2.24, 2.45) is 0 Å². The maximum atomic E-state index is 9.83. The Bertz CT molecular complexity index is 219. The lowest BCUT2D eigenvalue weighted by atomic mass is 10.5. The van der Waals surface area contributed by atoms with Crippen LogP contribution < -0.4 is 5.32 Å². The maximum absolute atomic E-state index is 9.83. The number of aromatic nitrogens is 2.